The van der Waals surface area contributed by atoms with Gasteiger partial charge in [-0.05, 0) is 30.9 Å². The van der Waals surface area contributed by atoms with Crippen LogP contribution in [-0.2, 0) is 14.3 Å². The van der Waals surface area contributed by atoms with E-state index in [4.69, 9.17) is 9.47 Å². The maximum absolute atomic E-state index is 13.2. The Morgan fingerprint density at radius 1 is 1.03 bits per heavy atom. The van der Waals surface area contributed by atoms with E-state index >= 15 is 0 Å². The SMILES string of the molecule is O=C([C@@H]1C[C@H](Oc2ccccc2)CN1C(=O)CC1CCCCC1)N1CCOCC1. The summed E-state index contributed by atoms with van der Waals surface area (Å²) in [4.78, 5) is 30.1. The van der Waals surface area contributed by atoms with Gasteiger partial charge in [0, 0.05) is 25.9 Å². The number of likely N-dealkylation sites (tertiary alicyclic amines) is 1. The van der Waals surface area contributed by atoms with Crippen LogP contribution in [0.1, 0.15) is 44.9 Å². The molecule has 3 aliphatic rings. The van der Waals surface area contributed by atoms with Gasteiger partial charge in [-0.3, -0.25) is 9.59 Å². The molecule has 0 spiro atoms. The Kier molecular flexibility index (Phi) is 6.70. The highest BCUT2D eigenvalue weighted by Gasteiger charge is 2.42. The van der Waals surface area contributed by atoms with E-state index in [1.807, 2.05) is 35.2 Å². The third-order valence-electron chi connectivity index (χ3n) is 6.42. The molecule has 1 aromatic carbocycles. The summed E-state index contributed by atoms with van der Waals surface area (Å²) in [7, 11) is 0. The molecule has 2 amide bonds. The molecule has 1 aromatic rings. The molecule has 158 valence electrons. The van der Waals surface area contributed by atoms with Crippen molar-refractivity contribution in [2.24, 2.45) is 5.92 Å². The van der Waals surface area contributed by atoms with E-state index in [1.165, 1.54) is 19.3 Å². The van der Waals surface area contributed by atoms with Gasteiger partial charge in [-0.25, -0.2) is 0 Å². The zero-order chi connectivity index (χ0) is 20.1. The molecule has 0 aromatic heterocycles. The van der Waals surface area contributed by atoms with Crippen LogP contribution in [0.4, 0.5) is 0 Å². The van der Waals surface area contributed by atoms with E-state index in [0.29, 0.717) is 51.6 Å². The summed E-state index contributed by atoms with van der Waals surface area (Å²) in [6.45, 7) is 2.83. The largest absolute Gasteiger partial charge is 0.488 e. The van der Waals surface area contributed by atoms with Crippen LogP contribution < -0.4 is 4.74 Å². The minimum absolute atomic E-state index is 0.0458. The molecular formula is C23H32N2O4. The van der Waals surface area contributed by atoms with E-state index in [1.54, 1.807) is 4.90 Å². The van der Waals surface area contributed by atoms with E-state index < -0.39 is 6.04 Å². The molecule has 0 unspecified atom stereocenters. The lowest BCUT2D eigenvalue weighted by atomic mass is 9.86. The van der Waals surface area contributed by atoms with Gasteiger partial charge < -0.3 is 19.3 Å². The maximum atomic E-state index is 13.2. The standard InChI is InChI=1S/C23H32N2O4/c26-22(15-18-7-3-1-4-8-18)25-17-20(29-19-9-5-2-6-10-19)16-21(25)23(27)24-11-13-28-14-12-24/h2,5-6,9-10,18,20-21H,1,3-4,7-8,11-17H2/t20-,21-/m0/s1. The van der Waals surface area contributed by atoms with Crippen molar-refractivity contribution >= 4 is 11.8 Å². The summed E-state index contributed by atoms with van der Waals surface area (Å²) >= 11 is 0. The molecule has 2 heterocycles. The second-order valence-corrected chi connectivity index (χ2v) is 8.50. The van der Waals surface area contributed by atoms with Gasteiger partial charge >= 0.3 is 0 Å². The summed E-state index contributed by atoms with van der Waals surface area (Å²) in [5.41, 5.74) is 0. The lowest BCUT2D eigenvalue weighted by Gasteiger charge is -2.33. The number of carbonyl (C=O) groups is 2. The minimum atomic E-state index is -0.419. The van der Waals surface area contributed by atoms with E-state index in [0.717, 1.165) is 18.6 Å². The fourth-order valence-electron chi connectivity index (χ4n) is 4.83. The number of amides is 2. The number of para-hydroxylation sites is 1. The Labute approximate surface area is 173 Å². The summed E-state index contributed by atoms with van der Waals surface area (Å²) in [6, 6.07) is 9.25. The third kappa shape index (κ3) is 5.10. The second kappa shape index (κ2) is 9.61. The van der Waals surface area contributed by atoms with Gasteiger partial charge in [-0.1, -0.05) is 37.5 Å². The van der Waals surface area contributed by atoms with Gasteiger partial charge in [-0.15, -0.1) is 0 Å². The molecule has 0 N–H and O–H groups in total. The van der Waals surface area contributed by atoms with Crippen molar-refractivity contribution in [2.75, 3.05) is 32.8 Å². The fourth-order valence-corrected chi connectivity index (χ4v) is 4.83. The Morgan fingerprint density at radius 2 is 1.76 bits per heavy atom. The zero-order valence-corrected chi connectivity index (χ0v) is 17.1. The van der Waals surface area contributed by atoms with Crippen LogP contribution in [0.2, 0.25) is 0 Å². The molecular weight excluding hydrogens is 368 g/mol. The lowest BCUT2D eigenvalue weighted by Crippen LogP contribution is -2.51. The summed E-state index contributed by atoms with van der Waals surface area (Å²) < 4.78 is 11.5. The number of morpholine rings is 1. The first-order valence-electron chi connectivity index (χ1n) is 11.1. The van der Waals surface area contributed by atoms with Crippen molar-refractivity contribution in [3.63, 3.8) is 0 Å². The molecule has 1 saturated carbocycles. The Hall–Kier alpha value is -2.08. The molecule has 2 saturated heterocycles. The number of carbonyl (C=O) groups excluding carboxylic acids is 2. The Bertz CT molecular complexity index is 683. The molecule has 2 atom stereocenters. The summed E-state index contributed by atoms with van der Waals surface area (Å²) in [5, 5.41) is 0. The summed E-state index contributed by atoms with van der Waals surface area (Å²) in [5.74, 6) is 1.41. The van der Waals surface area contributed by atoms with Crippen molar-refractivity contribution in [1.82, 2.24) is 9.80 Å². The quantitative estimate of drug-likeness (QED) is 0.763. The van der Waals surface area contributed by atoms with Gasteiger partial charge in [0.1, 0.15) is 17.9 Å². The normalized spacial score (nSPS) is 25.8. The highest BCUT2D eigenvalue weighted by Crippen LogP contribution is 2.30. The topological polar surface area (TPSA) is 59.1 Å². The van der Waals surface area contributed by atoms with Crippen molar-refractivity contribution < 1.29 is 19.1 Å². The average molecular weight is 401 g/mol. The van der Waals surface area contributed by atoms with E-state index in [2.05, 4.69) is 0 Å². The highest BCUT2D eigenvalue weighted by molar-refractivity contribution is 5.88. The molecule has 0 radical (unpaired) electrons. The average Bonchev–Trinajstić information content (AvgIpc) is 3.19. The number of benzene rings is 1. The molecule has 29 heavy (non-hydrogen) atoms. The minimum Gasteiger partial charge on any atom is -0.488 e. The molecule has 6 nitrogen and oxygen atoms in total. The molecule has 4 rings (SSSR count). The molecule has 0 bridgehead atoms. The predicted octanol–water partition coefficient (Wildman–Crippen LogP) is 2.86. The third-order valence-corrected chi connectivity index (χ3v) is 6.42. The van der Waals surface area contributed by atoms with Gasteiger partial charge in [0.05, 0.1) is 19.8 Å². The van der Waals surface area contributed by atoms with Gasteiger partial charge in [0.15, 0.2) is 0 Å². The first kappa shape index (κ1) is 20.2. The number of hydrogen-bond acceptors (Lipinski definition) is 4. The number of hydrogen-bond donors (Lipinski definition) is 0. The fraction of sp³-hybridized carbons (Fsp3) is 0.652. The Balaban J connectivity index is 1.45. The van der Waals surface area contributed by atoms with Crippen LogP contribution in [0.25, 0.3) is 0 Å². The molecule has 6 heteroatoms. The summed E-state index contributed by atoms with van der Waals surface area (Å²) in [6.07, 6.45) is 6.94. The predicted molar refractivity (Wildman–Crippen MR) is 110 cm³/mol. The van der Waals surface area contributed by atoms with Crippen LogP contribution >= 0.6 is 0 Å². The molecule has 1 aliphatic carbocycles. The number of rotatable bonds is 5. The van der Waals surface area contributed by atoms with Crippen LogP contribution in [0.3, 0.4) is 0 Å². The zero-order valence-electron chi connectivity index (χ0n) is 17.1. The van der Waals surface area contributed by atoms with E-state index in [-0.39, 0.29) is 17.9 Å². The number of nitrogens with zero attached hydrogens (tertiary/aromatic N) is 2. The number of ether oxygens (including phenoxy) is 2. The lowest BCUT2D eigenvalue weighted by molar-refractivity contribution is -0.146. The second-order valence-electron chi connectivity index (χ2n) is 8.50. The van der Waals surface area contributed by atoms with Crippen molar-refractivity contribution in [3.05, 3.63) is 30.3 Å². The van der Waals surface area contributed by atoms with Gasteiger partial charge in [0.25, 0.3) is 0 Å². The van der Waals surface area contributed by atoms with Crippen LogP contribution in [0.5, 0.6) is 5.75 Å². The van der Waals surface area contributed by atoms with Crippen LogP contribution in [0, 0.1) is 5.92 Å². The maximum Gasteiger partial charge on any atom is 0.245 e. The van der Waals surface area contributed by atoms with E-state index in [9.17, 15) is 9.59 Å². The first-order chi connectivity index (χ1) is 14.2. The highest BCUT2D eigenvalue weighted by atomic mass is 16.5. The van der Waals surface area contributed by atoms with Crippen molar-refractivity contribution in [1.29, 1.82) is 0 Å². The van der Waals surface area contributed by atoms with Gasteiger partial charge in [0.2, 0.25) is 11.8 Å². The van der Waals surface area contributed by atoms with Gasteiger partial charge in [-0.2, -0.15) is 0 Å². The monoisotopic (exact) mass is 400 g/mol. The first-order valence-corrected chi connectivity index (χ1v) is 11.1. The van der Waals surface area contributed by atoms with Crippen LogP contribution in [0.15, 0.2) is 30.3 Å². The van der Waals surface area contributed by atoms with Crippen molar-refractivity contribution in [3.8, 4) is 5.75 Å². The molecule has 3 fully saturated rings. The Morgan fingerprint density at radius 3 is 2.48 bits per heavy atom. The smallest absolute Gasteiger partial charge is 0.245 e. The van der Waals surface area contributed by atoms with Crippen LogP contribution in [-0.4, -0.2) is 66.6 Å². The molecule has 2 aliphatic heterocycles. The van der Waals surface area contributed by atoms with Crippen molar-refractivity contribution in [2.45, 2.75) is 57.1 Å².